The standard InChI is InChI=1S/C13H13ClO2/c14-13-3-1-11(2-4-13)12(8-15)7-10-5-6-16-9-10/h1-6,9,12,15H,7-8H2. The molecule has 3 heteroatoms. The summed E-state index contributed by atoms with van der Waals surface area (Å²) in [6.45, 7) is 0.118. The lowest BCUT2D eigenvalue weighted by Gasteiger charge is -2.13. The Labute approximate surface area is 99.5 Å². The van der Waals surface area contributed by atoms with Crippen molar-refractivity contribution in [2.24, 2.45) is 0 Å². The molecule has 1 heterocycles. The Morgan fingerprint density at radius 3 is 2.50 bits per heavy atom. The zero-order valence-corrected chi connectivity index (χ0v) is 9.52. The first kappa shape index (κ1) is 11.2. The second-order valence-electron chi connectivity index (χ2n) is 3.77. The van der Waals surface area contributed by atoms with Crippen LogP contribution in [0, 0.1) is 0 Å². The topological polar surface area (TPSA) is 33.4 Å². The van der Waals surface area contributed by atoms with E-state index >= 15 is 0 Å². The molecule has 1 aromatic carbocycles. The lowest BCUT2D eigenvalue weighted by atomic mass is 9.94. The van der Waals surface area contributed by atoms with Gasteiger partial charge in [-0.05, 0) is 35.7 Å². The first-order valence-corrected chi connectivity index (χ1v) is 5.55. The molecule has 2 aromatic rings. The van der Waals surface area contributed by atoms with Crippen LogP contribution in [0.3, 0.4) is 0 Å². The van der Waals surface area contributed by atoms with Gasteiger partial charge in [0.15, 0.2) is 0 Å². The summed E-state index contributed by atoms with van der Waals surface area (Å²) in [7, 11) is 0. The summed E-state index contributed by atoms with van der Waals surface area (Å²) in [5.41, 5.74) is 2.18. The van der Waals surface area contributed by atoms with Crippen molar-refractivity contribution in [2.75, 3.05) is 6.61 Å². The van der Waals surface area contributed by atoms with Crippen LogP contribution in [0.2, 0.25) is 5.02 Å². The number of hydrogen-bond acceptors (Lipinski definition) is 2. The average molecular weight is 237 g/mol. The molecule has 0 saturated heterocycles. The van der Waals surface area contributed by atoms with Crippen molar-refractivity contribution < 1.29 is 9.52 Å². The van der Waals surface area contributed by atoms with E-state index < -0.39 is 0 Å². The molecule has 0 radical (unpaired) electrons. The Balaban J connectivity index is 2.13. The summed E-state index contributed by atoms with van der Waals surface area (Å²) in [5.74, 6) is 0.0925. The highest BCUT2D eigenvalue weighted by Gasteiger charge is 2.11. The van der Waals surface area contributed by atoms with E-state index in [2.05, 4.69) is 0 Å². The van der Waals surface area contributed by atoms with Crippen LogP contribution in [-0.2, 0) is 6.42 Å². The van der Waals surface area contributed by atoms with Gasteiger partial charge in [0.05, 0.1) is 19.1 Å². The maximum absolute atomic E-state index is 9.38. The van der Waals surface area contributed by atoms with Crippen LogP contribution in [0.4, 0.5) is 0 Å². The van der Waals surface area contributed by atoms with Crippen molar-refractivity contribution in [1.82, 2.24) is 0 Å². The van der Waals surface area contributed by atoms with Gasteiger partial charge in [-0.15, -0.1) is 0 Å². The number of aliphatic hydroxyl groups excluding tert-OH is 1. The molecule has 0 bridgehead atoms. The third-order valence-electron chi connectivity index (χ3n) is 2.62. The van der Waals surface area contributed by atoms with Gasteiger partial charge in [0.1, 0.15) is 0 Å². The number of halogens is 1. The third kappa shape index (κ3) is 2.65. The van der Waals surface area contributed by atoms with Gasteiger partial charge in [0.25, 0.3) is 0 Å². The first-order chi connectivity index (χ1) is 7.79. The molecule has 2 nitrogen and oxygen atoms in total. The lowest BCUT2D eigenvalue weighted by molar-refractivity contribution is 0.264. The summed E-state index contributed by atoms with van der Waals surface area (Å²) < 4.78 is 5.01. The lowest BCUT2D eigenvalue weighted by Crippen LogP contribution is -2.07. The second kappa shape index (κ2) is 5.19. The minimum atomic E-state index is 0.0925. The van der Waals surface area contributed by atoms with E-state index in [1.807, 2.05) is 30.3 Å². The summed E-state index contributed by atoms with van der Waals surface area (Å²) in [6, 6.07) is 9.50. The highest BCUT2D eigenvalue weighted by molar-refractivity contribution is 6.30. The predicted molar refractivity (Wildman–Crippen MR) is 63.7 cm³/mol. The normalized spacial score (nSPS) is 12.6. The number of rotatable bonds is 4. The van der Waals surface area contributed by atoms with Gasteiger partial charge in [-0.3, -0.25) is 0 Å². The van der Waals surface area contributed by atoms with Gasteiger partial charge in [-0.2, -0.15) is 0 Å². The molecule has 0 aliphatic carbocycles. The first-order valence-electron chi connectivity index (χ1n) is 5.17. The third-order valence-corrected chi connectivity index (χ3v) is 2.88. The van der Waals surface area contributed by atoms with Crippen molar-refractivity contribution in [3.8, 4) is 0 Å². The van der Waals surface area contributed by atoms with Gasteiger partial charge < -0.3 is 9.52 Å². The molecule has 16 heavy (non-hydrogen) atoms. The number of benzene rings is 1. The fourth-order valence-electron chi connectivity index (χ4n) is 1.72. The Morgan fingerprint density at radius 1 is 1.19 bits per heavy atom. The van der Waals surface area contributed by atoms with Gasteiger partial charge in [0.2, 0.25) is 0 Å². The summed E-state index contributed by atoms with van der Waals surface area (Å²) in [5, 5.41) is 10.1. The van der Waals surface area contributed by atoms with Crippen LogP contribution in [0.15, 0.2) is 47.3 Å². The van der Waals surface area contributed by atoms with Crippen molar-refractivity contribution in [3.63, 3.8) is 0 Å². The van der Waals surface area contributed by atoms with Crippen LogP contribution in [-0.4, -0.2) is 11.7 Å². The fraction of sp³-hybridized carbons (Fsp3) is 0.231. The van der Waals surface area contributed by atoms with Crippen molar-refractivity contribution in [1.29, 1.82) is 0 Å². The summed E-state index contributed by atoms with van der Waals surface area (Å²) in [4.78, 5) is 0. The molecule has 0 amide bonds. The van der Waals surface area contributed by atoms with Gasteiger partial charge in [-0.25, -0.2) is 0 Å². The van der Waals surface area contributed by atoms with Crippen molar-refractivity contribution in [2.45, 2.75) is 12.3 Å². The average Bonchev–Trinajstić information content (AvgIpc) is 2.80. The van der Waals surface area contributed by atoms with E-state index in [0.29, 0.717) is 5.02 Å². The maximum Gasteiger partial charge on any atom is 0.0934 e. The van der Waals surface area contributed by atoms with Crippen LogP contribution in [0.1, 0.15) is 17.0 Å². The van der Waals surface area contributed by atoms with E-state index in [4.69, 9.17) is 16.0 Å². The monoisotopic (exact) mass is 236 g/mol. The van der Waals surface area contributed by atoms with E-state index in [-0.39, 0.29) is 12.5 Å². The Morgan fingerprint density at radius 2 is 1.94 bits per heavy atom. The highest BCUT2D eigenvalue weighted by Crippen LogP contribution is 2.22. The smallest absolute Gasteiger partial charge is 0.0934 e. The number of hydrogen-bond donors (Lipinski definition) is 1. The molecular weight excluding hydrogens is 224 g/mol. The molecule has 1 aromatic heterocycles. The van der Waals surface area contributed by atoms with Crippen LogP contribution in [0.5, 0.6) is 0 Å². The van der Waals surface area contributed by atoms with Crippen molar-refractivity contribution in [3.05, 3.63) is 59.0 Å². The minimum absolute atomic E-state index is 0.0925. The van der Waals surface area contributed by atoms with Crippen LogP contribution in [0.25, 0.3) is 0 Å². The van der Waals surface area contributed by atoms with Crippen molar-refractivity contribution >= 4 is 11.6 Å². The van der Waals surface area contributed by atoms with Crippen LogP contribution >= 0.6 is 11.6 Å². The molecular formula is C13H13ClO2. The SMILES string of the molecule is OCC(Cc1ccoc1)c1ccc(Cl)cc1. The second-order valence-corrected chi connectivity index (χ2v) is 4.20. The zero-order chi connectivity index (χ0) is 11.4. The number of furan rings is 1. The van der Waals surface area contributed by atoms with Gasteiger partial charge in [0, 0.05) is 10.9 Å². The predicted octanol–water partition coefficient (Wildman–Crippen LogP) is 3.25. The molecule has 0 fully saturated rings. The molecule has 84 valence electrons. The molecule has 0 saturated carbocycles. The van der Waals surface area contributed by atoms with Gasteiger partial charge in [-0.1, -0.05) is 23.7 Å². The molecule has 2 rings (SSSR count). The summed E-state index contributed by atoms with van der Waals surface area (Å²) in [6.07, 6.45) is 4.12. The molecule has 0 aliphatic heterocycles. The zero-order valence-electron chi connectivity index (χ0n) is 8.77. The molecule has 0 aliphatic rings. The molecule has 1 unspecified atom stereocenters. The fourth-order valence-corrected chi connectivity index (χ4v) is 1.84. The summed E-state index contributed by atoms with van der Waals surface area (Å²) >= 11 is 5.82. The van der Waals surface area contributed by atoms with E-state index in [9.17, 15) is 5.11 Å². The molecule has 0 spiro atoms. The molecule has 1 N–H and O–H groups in total. The van der Waals surface area contributed by atoms with E-state index in [1.54, 1.807) is 12.5 Å². The van der Waals surface area contributed by atoms with Crippen LogP contribution < -0.4 is 0 Å². The highest BCUT2D eigenvalue weighted by atomic mass is 35.5. The van der Waals surface area contributed by atoms with E-state index in [0.717, 1.165) is 17.5 Å². The Bertz CT molecular complexity index is 420. The van der Waals surface area contributed by atoms with Gasteiger partial charge >= 0.3 is 0 Å². The number of aliphatic hydroxyl groups is 1. The Kier molecular flexibility index (Phi) is 3.65. The van der Waals surface area contributed by atoms with E-state index in [1.165, 1.54) is 0 Å². The minimum Gasteiger partial charge on any atom is -0.472 e. The maximum atomic E-state index is 9.38. The molecule has 1 atom stereocenters. The largest absolute Gasteiger partial charge is 0.472 e. The quantitative estimate of drug-likeness (QED) is 0.884. The Hall–Kier alpha value is -1.25.